The zero-order chi connectivity index (χ0) is 15.9. The predicted molar refractivity (Wildman–Crippen MR) is 94.3 cm³/mol. The van der Waals surface area contributed by atoms with E-state index in [-0.39, 0.29) is 24.2 Å². The van der Waals surface area contributed by atoms with Crippen LogP contribution in [0.5, 0.6) is 0 Å². The molecule has 0 spiro atoms. The number of carbonyl (C=O) groups is 2. The Hall–Kier alpha value is -1.59. The summed E-state index contributed by atoms with van der Waals surface area (Å²) in [5.74, 6) is 0.487. The molecule has 0 atom stereocenters. The molecule has 23 heavy (non-hydrogen) atoms. The van der Waals surface area contributed by atoms with Gasteiger partial charge in [-0.25, -0.2) is 0 Å². The summed E-state index contributed by atoms with van der Waals surface area (Å²) in [4.78, 5) is 26.2. The van der Waals surface area contributed by atoms with Crippen molar-refractivity contribution < 1.29 is 9.59 Å². The fourth-order valence-electron chi connectivity index (χ4n) is 2.45. The standard InChI is InChI=1S/C17H25N3O2.ClH/c1-3-9-20(4-2)17(22)15-7-5-14(6-8-15)16(21)19-12-13-10-18-11-13;/h5-8,13,18H,3-4,9-12H2,1-2H3,(H,19,21);1H. The maximum atomic E-state index is 12.3. The molecule has 6 heteroatoms. The van der Waals surface area contributed by atoms with Gasteiger partial charge in [0.2, 0.25) is 0 Å². The minimum atomic E-state index is -0.0770. The molecule has 1 heterocycles. The molecule has 0 radical (unpaired) electrons. The van der Waals surface area contributed by atoms with Gasteiger partial charge in [-0.15, -0.1) is 12.4 Å². The van der Waals surface area contributed by atoms with E-state index >= 15 is 0 Å². The molecule has 1 aliphatic rings. The van der Waals surface area contributed by atoms with Gasteiger partial charge in [-0.1, -0.05) is 6.92 Å². The Balaban J connectivity index is 0.00000264. The fourth-order valence-corrected chi connectivity index (χ4v) is 2.45. The van der Waals surface area contributed by atoms with Gasteiger partial charge in [0.1, 0.15) is 0 Å². The second-order valence-electron chi connectivity index (χ2n) is 5.70. The van der Waals surface area contributed by atoms with Crippen LogP contribution in [-0.4, -0.2) is 49.4 Å². The van der Waals surface area contributed by atoms with E-state index in [0.29, 0.717) is 30.1 Å². The lowest BCUT2D eigenvalue weighted by Gasteiger charge is -2.27. The summed E-state index contributed by atoms with van der Waals surface area (Å²) >= 11 is 0. The monoisotopic (exact) mass is 339 g/mol. The van der Waals surface area contributed by atoms with Crippen LogP contribution in [0.15, 0.2) is 24.3 Å². The normalized spacial score (nSPS) is 13.7. The summed E-state index contributed by atoms with van der Waals surface area (Å²) in [5, 5.41) is 6.11. The van der Waals surface area contributed by atoms with E-state index in [1.54, 1.807) is 24.3 Å². The first-order chi connectivity index (χ1) is 10.7. The number of carbonyl (C=O) groups excluding carboxylic acids is 2. The van der Waals surface area contributed by atoms with Gasteiger partial charge in [0.05, 0.1) is 0 Å². The third-order valence-corrected chi connectivity index (χ3v) is 3.97. The Kier molecular flexibility index (Phi) is 8.06. The average Bonchev–Trinajstić information content (AvgIpc) is 2.50. The molecule has 1 fully saturated rings. The Morgan fingerprint density at radius 3 is 2.26 bits per heavy atom. The third kappa shape index (κ3) is 5.22. The number of rotatable bonds is 7. The lowest BCUT2D eigenvalue weighted by Crippen LogP contribution is -2.48. The average molecular weight is 340 g/mol. The Bertz CT molecular complexity index is 515. The molecule has 1 aromatic rings. The number of nitrogens with zero attached hydrogens (tertiary/aromatic N) is 1. The third-order valence-electron chi connectivity index (χ3n) is 3.97. The van der Waals surface area contributed by atoms with Crippen molar-refractivity contribution in [1.82, 2.24) is 15.5 Å². The van der Waals surface area contributed by atoms with Crippen molar-refractivity contribution in [2.24, 2.45) is 5.92 Å². The van der Waals surface area contributed by atoms with E-state index in [4.69, 9.17) is 0 Å². The molecule has 1 saturated heterocycles. The predicted octanol–water partition coefficient (Wildman–Crippen LogP) is 1.93. The Labute approximate surface area is 144 Å². The molecule has 2 N–H and O–H groups in total. The SMILES string of the molecule is CCCN(CC)C(=O)c1ccc(C(=O)NCC2CNC2)cc1.Cl. The zero-order valence-electron chi connectivity index (χ0n) is 13.8. The summed E-state index contributed by atoms with van der Waals surface area (Å²) in [6, 6.07) is 6.92. The number of hydrogen-bond acceptors (Lipinski definition) is 3. The van der Waals surface area contributed by atoms with Crippen LogP contribution in [-0.2, 0) is 0 Å². The van der Waals surface area contributed by atoms with Gasteiger partial charge in [-0.05, 0) is 37.6 Å². The number of hydrogen-bond donors (Lipinski definition) is 2. The molecule has 0 bridgehead atoms. The quantitative estimate of drug-likeness (QED) is 0.798. The van der Waals surface area contributed by atoms with Gasteiger partial charge in [-0.2, -0.15) is 0 Å². The van der Waals surface area contributed by atoms with E-state index in [9.17, 15) is 9.59 Å². The minimum absolute atomic E-state index is 0. The Morgan fingerprint density at radius 1 is 1.17 bits per heavy atom. The van der Waals surface area contributed by atoms with Crippen molar-refractivity contribution in [2.45, 2.75) is 20.3 Å². The fraction of sp³-hybridized carbons (Fsp3) is 0.529. The minimum Gasteiger partial charge on any atom is -0.352 e. The highest BCUT2D eigenvalue weighted by molar-refractivity contribution is 5.97. The van der Waals surface area contributed by atoms with E-state index in [1.807, 2.05) is 11.8 Å². The van der Waals surface area contributed by atoms with Gasteiger partial charge < -0.3 is 15.5 Å². The van der Waals surface area contributed by atoms with Crippen LogP contribution < -0.4 is 10.6 Å². The van der Waals surface area contributed by atoms with Crippen molar-refractivity contribution >= 4 is 24.2 Å². The van der Waals surface area contributed by atoms with Crippen molar-refractivity contribution in [3.05, 3.63) is 35.4 Å². The maximum absolute atomic E-state index is 12.3. The van der Waals surface area contributed by atoms with Gasteiger partial charge in [0.15, 0.2) is 0 Å². The highest BCUT2D eigenvalue weighted by atomic mass is 35.5. The second-order valence-corrected chi connectivity index (χ2v) is 5.70. The highest BCUT2D eigenvalue weighted by Gasteiger charge is 2.18. The molecule has 0 saturated carbocycles. The van der Waals surface area contributed by atoms with Crippen LogP contribution in [0.4, 0.5) is 0 Å². The molecule has 1 aliphatic heterocycles. The van der Waals surface area contributed by atoms with Crippen molar-refractivity contribution in [3.63, 3.8) is 0 Å². The molecular formula is C17H26ClN3O2. The van der Waals surface area contributed by atoms with Crippen LogP contribution in [0, 0.1) is 5.92 Å². The lowest BCUT2D eigenvalue weighted by atomic mass is 10.0. The summed E-state index contributed by atoms with van der Waals surface area (Å²) in [5.41, 5.74) is 1.23. The molecule has 5 nitrogen and oxygen atoms in total. The van der Waals surface area contributed by atoms with Crippen LogP contribution in [0.2, 0.25) is 0 Å². The smallest absolute Gasteiger partial charge is 0.253 e. The zero-order valence-corrected chi connectivity index (χ0v) is 14.6. The first kappa shape index (κ1) is 19.5. The van der Waals surface area contributed by atoms with Crippen molar-refractivity contribution in [1.29, 1.82) is 0 Å². The molecule has 2 amide bonds. The maximum Gasteiger partial charge on any atom is 0.253 e. The topological polar surface area (TPSA) is 61.4 Å². The first-order valence-corrected chi connectivity index (χ1v) is 8.04. The molecular weight excluding hydrogens is 314 g/mol. The lowest BCUT2D eigenvalue weighted by molar-refractivity contribution is 0.0763. The van der Waals surface area contributed by atoms with E-state index in [0.717, 1.165) is 26.1 Å². The highest BCUT2D eigenvalue weighted by Crippen LogP contribution is 2.09. The van der Waals surface area contributed by atoms with Crippen molar-refractivity contribution in [3.8, 4) is 0 Å². The Morgan fingerprint density at radius 2 is 1.78 bits per heavy atom. The van der Waals surface area contributed by atoms with Gasteiger partial charge in [0, 0.05) is 49.8 Å². The summed E-state index contributed by atoms with van der Waals surface area (Å²) in [6.45, 7) is 8.13. The number of halogens is 1. The van der Waals surface area contributed by atoms with Gasteiger partial charge in [-0.3, -0.25) is 9.59 Å². The van der Waals surface area contributed by atoms with Crippen molar-refractivity contribution in [2.75, 3.05) is 32.7 Å². The van der Waals surface area contributed by atoms with E-state index < -0.39 is 0 Å². The molecule has 0 aliphatic carbocycles. The largest absolute Gasteiger partial charge is 0.352 e. The molecule has 128 valence electrons. The summed E-state index contributed by atoms with van der Waals surface area (Å²) in [6.07, 6.45) is 0.941. The number of amides is 2. The van der Waals surface area contributed by atoms with Crippen LogP contribution in [0.25, 0.3) is 0 Å². The molecule has 1 aromatic carbocycles. The van der Waals surface area contributed by atoms with Crippen LogP contribution in [0.1, 0.15) is 41.0 Å². The summed E-state index contributed by atoms with van der Waals surface area (Å²) in [7, 11) is 0. The molecule has 0 aromatic heterocycles. The van der Waals surface area contributed by atoms with Crippen LogP contribution >= 0.6 is 12.4 Å². The number of benzene rings is 1. The summed E-state index contributed by atoms with van der Waals surface area (Å²) < 4.78 is 0. The van der Waals surface area contributed by atoms with Crippen LogP contribution in [0.3, 0.4) is 0 Å². The first-order valence-electron chi connectivity index (χ1n) is 8.04. The molecule has 2 rings (SSSR count). The number of nitrogens with one attached hydrogen (secondary N) is 2. The van der Waals surface area contributed by atoms with E-state index in [1.165, 1.54) is 0 Å². The molecule has 0 unspecified atom stereocenters. The van der Waals surface area contributed by atoms with Gasteiger partial charge in [0.25, 0.3) is 11.8 Å². The van der Waals surface area contributed by atoms with Gasteiger partial charge >= 0.3 is 0 Å². The van der Waals surface area contributed by atoms with E-state index in [2.05, 4.69) is 17.6 Å². The second kappa shape index (κ2) is 9.53.